The van der Waals surface area contributed by atoms with Crippen LogP contribution in [-0.2, 0) is 15.7 Å². The number of nitrogens with one attached hydrogen (secondary N) is 2. The highest BCUT2D eigenvalue weighted by Crippen LogP contribution is 2.36. The van der Waals surface area contributed by atoms with Crippen molar-refractivity contribution >= 4 is 18.5 Å². The summed E-state index contributed by atoms with van der Waals surface area (Å²) >= 11 is 0. The van der Waals surface area contributed by atoms with Crippen molar-refractivity contribution in [2.75, 3.05) is 6.54 Å². The summed E-state index contributed by atoms with van der Waals surface area (Å²) in [4.78, 5) is 26.1. The molecule has 1 saturated heterocycles. The fraction of sp³-hybridized carbons (Fsp3) is 0.400. The average Bonchev–Trinajstić information content (AvgIpc) is 2.83. The molecule has 0 unspecified atom stereocenters. The van der Waals surface area contributed by atoms with Crippen LogP contribution in [0.5, 0.6) is 0 Å². The molecular formula is C20H25BN2O4. The number of benzene rings is 1. The van der Waals surface area contributed by atoms with Crippen LogP contribution in [0.4, 0.5) is 0 Å². The van der Waals surface area contributed by atoms with Crippen LogP contribution in [0.2, 0.25) is 0 Å². The lowest BCUT2D eigenvalue weighted by Gasteiger charge is -2.32. The number of H-pyrrole nitrogens is 1. The summed E-state index contributed by atoms with van der Waals surface area (Å²) in [6.07, 6.45) is 2.20. The minimum atomic E-state index is -0.441. The maximum atomic E-state index is 12.3. The van der Waals surface area contributed by atoms with Crippen molar-refractivity contribution in [3.63, 3.8) is 0 Å². The third kappa shape index (κ3) is 4.31. The highest BCUT2D eigenvalue weighted by atomic mass is 16.7. The quantitative estimate of drug-likeness (QED) is 0.787. The summed E-state index contributed by atoms with van der Waals surface area (Å²) in [7, 11) is -0.441. The zero-order valence-electron chi connectivity index (χ0n) is 16.2. The molecule has 1 fully saturated rings. The molecule has 1 aromatic carbocycles. The first-order valence-corrected chi connectivity index (χ1v) is 9.09. The molecule has 0 atom stereocenters. The zero-order valence-corrected chi connectivity index (χ0v) is 16.2. The van der Waals surface area contributed by atoms with E-state index in [1.807, 2.05) is 45.9 Å². The van der Waals surface area contributed by atoms with Gasteiger partial charge in [0.25, 0.3) is 5.91 Å². The number of carbonyl (C=O) groups excluding carboxylic acids is 1. The van der Waals surface area contributed by atoms with Crippen molar-refractivity contribution in [3.8, 4) is 0 Å². The molecule has 1 aliphatic heterocycles. The Balaban J connectivity index is 1.57. The molecule has 3 rings (SSSR count). The smallest absolute Gasteiger partial charge is 0.399 e. The summed E-state index contributed by atoms with van der Waals surface area (Å²) in [5, 5.41) is 2.87. The van der Waals surface area contributed by atoms with E-state index < -0.39 is 18.3 Å². The van der Waals surface area contributed by atoms with Gasteiger partial charge < -0.3 is 19.6 Å². The number of hydrogen-bond acceptors (Lipinski definition) is 4. The minimum absolute atomic E-state index is 0.142. The van der Waals surface area contributed by atoms with Gasteiger partial charge in [0.2, 0.25) is 5.56 Å². The van der Waals surface area contributed by atoms with Gasteiger partial charge in [-0.05, 0) is 63.3 Å². The molecule has 27 heavy (non-hydrogen) atoms. The Morgan fingerprint density at radius 2 is 1.70 bits per heavy atom. The SMILES string of the molecule is CC1(C)OB(c2ccc(C(=O)NCCc3cc[nH]c(=O)c3)cc2)OC1(C)C. The van der Waals surface area contributed by atoms with Gasteiger partial charge in [0.1, 0.15) is 0 Å². The van der Waals surface area contributed by atoms with Gasteiger partial charge in [0, 0.05) is 24.4 Å². The Kier molecular flexibility index (Phi) is 5.26. The molecule has 0 saturated carbocycles. The summed E-state index contributed by atoms with van der Waals surface area (Å²) in [5.74, 6) is -0.152. The second kappa shape index (κ2) is 7.33. The topological polar surface area (TPSA) is 80.4 Å². The second-order valence-electron chi connectivity index (χ2n) is 7.78. The van der Waals surface area contributed by atoms with E-state index in [2.05, 4.69) is 10.3 Å². The maximum absolute atomic E-state index is 12.3. The third-order valence-corrected chi connectivity index (χ3v) is 5.24. The van der Waals surface area contributed by atoms with E-state index in [4.69, 9.17) is 9.31 Å². The number of aromatic nitrogens is 1. The molecular weight excluding hydrogens is 343 g/mol. The Morgan fingerprint density at radius 1 is 1.07 bits per heavy atom. The highest BCUT2D eigenvalue weighted by Gasteiger charge is 2.51. The van der Waals surface area contributed by atoms with Crippen LogP contribution in [0.3, 0.4) is 0 Å². The number of pyridine rings is 1. The van der Waals surface area contributed by atoms with E-state index in [-0.39, 0.29) is 11.5 Å². The van der Waals surface area contributed by atoms with Gasteiger partial charge in [0.15, 0.2) is 0 Å². The van der Waals surface area contributed by atoms with Crippen LogP contribution < -0.4 is 16.3 Å². The average molecular weight is 368 g/mol. The number of amides is 1. The van der Waals surface area contributed by atoms with Gasteiger partial charge in [-0.15, -0.1) is 0 Å². The minimum Gasteiger partial charge on any atom is -0.399 e. The molecule has 2 heterocycles. The molecule has 2 N–H and O–H groups in total. The van der Waals surface area contributed by atoms with E-state index >= 15 is 0 Å². The molecule has 1 aliphatic rings. The van der Waals surface area contributed by atoms with Crippen molar-refractivity contribution in [3.05, 3.63) is 64.1 Å². The van der Waals surface area contributed by atoms with Crippen LogP contribution in [-0.4, -0.2) is 35.8 Å². The molecule has 142 valence electrons. The Bertz CT molecular complexity index is 858. The molecule has 7 heteroatoms. The van der Waals surface area contributed by atoms with Gasteiger partial charge in [-0.2, -0.15) is 0 Å². The van der Waals surface area contributed by atoms with Crippen molar-refractivity contribution in [2.45, 2.75) is 45.3 Å². The van der Waals surface area contributed by atoms with E-state index in [9.17, 15) is 9.59 Å². The van der Waals surface area contributed by atoms with Crippen LogP contribution in [0.25, 0.3) is 0 Å². The van der Waals surface area contributed by atoms with Gasteiger partial charge in [0.05, 0.1) is 11.2 Å². The predicted molar refractivity (Wildman–Crippen MR) is 105 cm³/mol. The van der Waals surface area contributed by atoms with E-state index in [0.717, 1.165) is 11.0 Å². The number of carbonyl (C=O) groups is 1. The Hall–Kier alpha value is -2.38. The van der Waals surface area contributed by atoms with Gasteiger partial charge in [-0.3, -0.25) is 9.59 Å². The molecule has 0 aliphatic carbocycles. The summed E-state index contributed by atoms with van der Waals surface area (Å²) < 4.78 is 12.0. The summed E-state index contributed by atoms with van der Waals surface area (Å²) in [6.45, 7) is 8.50. The van der Waals surface area contributed by atoms with Gasteiger partial charge >= 0.3 is 7.12 Å². The summed E-state index contributed by atoms with van der Waals surface area (Å²) in [5.41, 5.74) is 1.40. The summed E-state index contributed by atoms with van der Waals surface area (Å²) in [6, 6.07) is 10.6. The van der Waals surface area contributed by atoms with Gasteiger partial charge in [-0.1, -0.05) is 12.1 Å². The van der Waals surface area contributed by atoms with Gasteiger partial charge in [-0.25, -0.2) is 0 Å². The lowest BCUT2D eigenvalue weighted by Crippen LogP contribution is -2.41. The van der Waals surface area contributed by atoms with Crippen molar-refractivity contribution < 1.29 is 14.1 Å². The molecule has 1 amide bonds. The molecule has 1 aromatic heterocycles. The first kappa shape index (κ1) is 19.4. The molecule has 0 radical (unpaired) electrons. The largest absolute Gasteiger partial charge is 0.494 e. The Labute approximate surface area is 159 Å². The Morgan fingerprint density at radius 3 is 2.30 bits per heavy atom. The second-order valence-corrected chi connectivity index (χ2v) is 7.78. The number of hydrogen-bond donors (Lipinski definition) is 2. The van der Waals surface area contributed by atoms with E-state index in [1.54, 1.807) is 18.3 Å². The lowest BCUT2D eigenvalue weighted by molar-refractivity contribution is 0.00578. The number of rotatable bonds is 5. The fourth-order valence-corrected chi connectivity index (χ4v) is 2.84. The number of aromatic amines is 1. The van der Waals surface area contributed by atoms with Crippen molar-refractivity contribution in [1.82, 2.24) is 10.3 Å². The van der Waals surface area contributed by atoms with Crippen LogP contribution in [0.15, 0.2) is 47.4 Å². The first-order valence-electron chi connectivity index (χ1n) is 9.09. The third-order valence-electron chi connectivity index (χ3n) is 5.24. The van der Waals surface area contributed by atoms with Crippen molar-refractivity contribution in [1.29, 1.82) is 0 Å². The van der Waals surface area contributed by atoms with Crippen molar-refractivity contribution in [2.24, 2.45) is 0 Å². The van der Waals surface area contributed by atoms with E-state index in [1.165, 1.54) is 6.07 Å². The van der Waals surface area contributed by atoms with Crippen LogP contribution in [0, 0.1) is 0 Å². The monoisotopic (exact) mass is 368 g/mol. The highest BCUT2D eigenvalue weighted by molar-refractivity contribution is 6.62. The van der Waals surface area contributed by atoms with Crippen LogP contribution in [0.1, 0.15) is 43.6 Å². The molecule has 2 aromatic rings. The van der Waals surface area contributed by atoms with E-state index in [0.29, 0.717) is 18.5 Å². The molecule has 0 bridgehead atoms. The fourth-order valence-electron chi connectivity index (χ4n) is 2.84. The molecule has 6 nitrogen and oxygen atoms in total. The van der Waals surface area contributed by atoms with Crippen LogP contribution >= 0.6 is 0 Å². The standard InChI is InChI=1S/C20H25BN2O4/c1-19(2)20(3,4)27-21(26-19)16-7-5-15(6-8-16)18(25)23-12-10-14-9-11-22-17(24)13-14/h5-9,11,13H,10,12H2,1-4H3,(H,22,24)(H,23,25). The normalized spacial score (nSPS) is 17.7. The lowest BCUT2D eigenvalue weighted by atomic mass is 9.79. The maximum Gasteiger partial charge on any atom is 0.494 e. The first-order chi connectivity index (χ1) is 12.7. The molecule has 0 spiro atoms. The predicted octanol–water partition coefficient (Wildman–Crippen LogP) is 1.65. The zero-order chi connectivity index (χ0) is 19.7.